The number of carbonyl (C=O) groups excluding carboxylic acids is 1. The minimum Gasteiger partial charge on any atom is -0.508 e. The number of phenolic OH excluding ortho intramolecular Hbond substituents is 1. The Morgan fingerprint density at radius 3 is 2.91 bits per heavy atom. The molecule has 0 radical (unpaired) electrons. The van der Waals surface area contributed by atoms with Gasteiger partial charge in [-0.25, -0.2) is 4.99 Å². The number of aliphatic imine (C=N–C) groups is 1. The smallest absolute Gasteiger partial charge is 0.266 e. The predicted molar refractivity (Wildman–Crippen MR) is 92.4 cm³/mol. The molecule has 116 valence electrons. The normalized spacial score (nSPS) is 18.1. The van der Waals surface area contributed by atoms with Crippen molar-refractivity contribution in [1.82, 2.24) is 9.88 Å². The molecule has 1 aromatic carbocycles. The van der Waals surface area contributed by atoms with Crippen LogP contribution in [-0.2, 0) is 4.79 Å². The minimum absolute atomic E-state index is 0.0692. The van der Waals surface area contributed by atoms with Crippen LogP contribution in [0.2, 0.25) is 0 Å². The summed E-state index contributed by atoms with van der Waals surface area (Å²) in [5, 5.41) is 10.1. The third-order valence-corrected chi connectivity index (χ3v) is 4.25. The standard InChI is InChI=1S/C17H15N3O2S/c1-2-20-16(22)15(9-12-5-4-8-18-11-12)23-17(20)19-13-6-3-7-14(21)10-13/h3-11,21H,2H2,1H3/b15-9-,19-17?. The molecule has 23 heavy (non-hydrogen) atoms. The number of nitrogens with zero attached hydrogens (tertiary/aromatic N) is 3. The summed E-state index contributed by atoms with van der Waals surface area (Å²) in [7, 11) is 0. The van der Waals surface area contributed by atoms with Crippen molar-refractivity contribution >= 4 is 34.6 Å². The number of likely N-dealkylation sites (N-methyl/N-ethyl adjacent to an activating group) is 1. The van der Waals surface area contributed by atoms with Crippen molar-refractivity contribution in [3.8, 4) is 5.75 Å². The lowest BCUT2D eigenvalue weighted by atomic mass is 10.2. The zero-order valence-electron chi connectivity index (χ0n) is 12.5. The van der Waals surface area contributed by atoms with Gasteiger partial charge < -0.3 is 5.11 Å². The van der Waals surface area contributed by atoms with E-state index in [1.807, 2.05) is 25.1 Å². The first kappa shape index (κ1) is 15.3. The molecule has 1 aliphatic rings. The molecular weight excluding hydrogens is 310 g/mol. The summed E-state index contributed by atoms with van der Waals surface area (Å²) in [6.45, 7) is 2.44. The van der Waals surface area contributed by atoms with E-state index in [0.717, 1.165) is 5.56 Å². The van der Waals surface area contributed by atoms with Crippen LogP contribution in [0.15, 0.2) is 58.7 Å². The number of rotatable bonds is 3. The Bertz CT molecular complexity index is 787. The Morgan fingerprint density at radius 1 is 1.35 bits per heavy atom. The molecule has 0 aliphatic carbocycles. The third kappa shape index (κ3) is 3.43. The first-order valence-electron chi connectivity index (χ1n) is 7.16. The Balaban J connectivity index is 1.93. The average Bonchev–Trinajstić information content (AvgIpc) is 2.83. The maximum Gasteiger partial charge on any atom is 0.266 e. The van der Waals surface area contributed by atoms with Crippen LogP contribution in [0.4, 0.5) is 5.69 Å². The van der Waals surface area contributed by atoms with E-state index in [2.05, 4.69) is 9.98 Å². The average molecular weight is 325 g/mol. The molecule has 0 saturated carbocycles. The molecule has 1 amide bonds. The number of benzene rings is 1. The molecule has 2 heterocycles. The van der Waals surface area contributed by atoms with E-state index in [1.54, 1.807) is 41.6 Å². The van der Waals surface area contributed by atoms with Gasteiger partial charge in [0.15, 0.2) is 5.17 Å². The molecule has 1 N–H and O–H groups in total. The van der Waals surface area contributed by atoms with Crippen LogP contribution in [0.1, 0.15) is 12.5 Å². The fourth-order valence-corrected chi connectivity index (χ4v) is 3.22. The topological polar surface area (TPSA) is 65.8 Å². The van der Waals surface area contributed by atoms with E-state index in [9.17, 15) is 9.90 Å². The van der Waals surface area contributed by atoms with E-state index in [4.69, 9.17) is 0 Å². The van der Waals surface area contributed by atoms with Gasteiger partial charge in [0.2, 0.25) is 0 Å². The van der Waals surface area contributed by atoms with Gasteiger partial charge in [0.1, 0.15) is 5.75 Å². The number of thioether (sulfide) groups is 1. The molecule has 1 saturated heterocycles. The van der Waals surface area contributed by atoms with Crippen LogP contribution in [0.3, 0.4) is 0 Å². The molecule has 5 nitrogen and oxygen atoms in total. The van der Waals surface area contributed by atoms with Crippen molar-refractivity contribution < 1.29 is 9.90 Å². The van der Waals surface area contributed by atoms with Crippen LogP contribution in [-0.4, -0.2) is 32.6 Å². The molecule has 3 rings (SSSR count). The number of amides is 1. The highest BCUT2D eigenvalue weighted by molar-refractivity contribution is 8.18. The molecule has 1 fully saturated rings. The molecule has 6 heteroatoms. The van der Waals surface area contributed by atoms with E-state index in [-0.39, 0.29) is 11.7 Å². The monoisotopic (exact) mass is 325 g/mol. The second-order valence-electron chi connectivity index (χ2n) is 4.86. The second kappa shape index (κ2) is 6.66. The molecule has 2 aromatic rings. The van der Waals surface area contributed by atoms with Crippen molar-refractivity contribution in [2.75, 3.05) is 6.54 Å². The van der Waals surface area contributed by atoms with Crippen molar-refractivity contribution in [2.45, 2.75) is 6.92 Å². The second-order valence-corrected chi connectivity index (χ2v) is 5.87. The highest BCUT2D eigenvalue weighted by Gasteiger charge is 2.32. The Kier molecular flexibility index (Phi) is 4.43. The number of amidine groups is 1. The van der Waals surface area contributed by atoms with Gasteiger partial charge in [-0.05, 0) is 48.5 Å². The van der Waals surface area contributed by atoms with Gasteiger partial charge in [0.05, 0.1) is 10.6 Å². The summed E-state index contributed by atoms with van der Waals surface area (Å²) in [5.74, 6) is 0.0793. The van der Waals surface area contributed by atoms with E-state index >= 15 is 0 Å². The molecule has 0 unspecified atom stereocenters. The zero-order chi connectivity index (χ0) is 16.2. The first-order valence-corrected chi connectivity index (χ1v) is 7.98. The molecule has 0 atom stereocenters. The molecule has 0 bridgehead atoms. The van der Waals surface area contributed by atoms with Crippen LogP contribution < -0.4 is 0 Å². The SMILES string of the molecule is CCN1C(=O)/C(=C/c2cccnc2)SC1=Nc1cccc(O)c1. The van der Waals surface area contributed by atoms with E-state index in [1.165, 1.54) is 11.8 Å². The minimum atomic E-state index is -0.0692. The maximum absolute atomic E-state index is 12.5. The summed E-state index contributed by atoms with van der Waals surface area (Å²) in [4.78, 5) is 23.3. The number of hydrogen-bond acceptors (Lipinski definition) is 5. The van der Waals surface area contributed by atoms with Gasteiger partial charge >= 0.3 is 0 Å². The molecule has 1 aromatic heterocycles. The summed E-state index contributed by atoms with van der Waals surface area (Å²) in [6.07, 6.45) is 5.22. The number of aromatic hydroxyl groups is 1. The number of phenols is 1. The van der Waals surface area contributed by atoms with E-state index in [0.29, 0.717) is 22.3 Å². The summed E-state index contributed by atoms with van der Waals surface area (Å²) >= 11 is 1.33. The fraction of sp³-hybridized carbons (Fsp3) is 0.118. The largest absolute Gasteiger partial charge is 0.508 e. The van der Waals surface area contributed by atoms with Crippen LogP contribution >= 0.6 is 11.8 Å². The predicted octanol–water partition coefficient (Wildman–Crippen LogP) is 3.41. The van der Waals surface area contributed by atoms with Crippen molar-refractivity contribution in [2.24, 2.45) is 4.99 Å². The lowest BCUT2D eigenvalue weighted by molar-refractivity contribution is -0.122. The fourth-order valence-electron chi connectivity index (χ4n) is 2.16. The van der Waals surface area contributed by atoms with Gasteiger partial charge in [0, 0.05) is 25.0 Å². The van der Waals surface area contributed by atoms with E-state index < -0.39 is 0 Å². The highest BCUT2D eigenvalue weighted by Crippen LogP contribution is 2.34. The number of pyridine rings is 1. The summed E-state index contributed by atoms with van der Waals surface area (Å²) < 4.78 is 0. The van der Waals surface area contributed by atoms with Crippen LogP contribution in [0.5, 0.6) is 5.75 Å². The van der Waals surface area contributed by atoms with Gasteiger partial charge in [0.25, 0.3) is 5.91 Å². The van der Waals surface area contributed by atoms with Gasteiger partial charge in [-0.15, -0.1) is 0 Å². The Hall–Kier alpha value is -2.60. The number of carbonyl (C=O) groups is 1. The zero-order valence-corrected chi connectivity index (χ0v) is 13.3. The Morgan fingerprint density at radius 2 is 2.22 bits per heavy atom. The maximum atomic E-state index is 12.5. The molecule has 0 spiro atoms. The van der Waals surface area contributed by atoms with Crippen molar-refractivity contribution in [3.05, 3.63) is 59.3 Å². The quantitative estimate of drug-likeness (QED) is 0.878. The van der Waals surface area contributed by atoms with Gasteiger partial charge in [-0.1, -0.05) is 12.1 Å². The number of hydrogen-bond donors (Lipinski definition) is 1. The summed E-state index contributed by atoms with van der Waals surface area (Å²) in [6, 6.07) is 10.4. The first-order chi connectivity index (χ1) is 11.2. The highest BCUT2D eigenvalue weighted by atomic mass is 32.2. The Labute approximate surface area is 138 Å². The van der Waals surface area contributed by atoms with Gasteiger partial charge in [-0.2, -0.15) is 0 Å². The van der Waals surface area contributed by atoms with Crippen molar-refractivity contribution in [1.29, 1.82) is 0 Å². The third-order valence-electron chi connectivity index (χ3n) is 3.24. The lowest BCUT2D eigenvalue weighted by Gasteiger charge is -2.11. The number of aromatic nitrogens is 1. The molecular formula is C17H15N3O2S. The van der Waals surface area contributed by atoms with Crippen LogP contribution in [0.25, 0.3) is 6.08 Å². The lowest BCUT2D eigenvalue weighted by Crippen LogP contribution is -2.28. The summed E-state index contributed by atoms with van der Waals surface area (Å²) in [5.41, 5.74) is 1.49. The van der Waals surface area contributed by atoms with Crippen molar-refractivity contribution in [3.63, 3.8) is 0 Å². The molecule has 1 aliphatic heterocycles. The van der Waals surface area contributed by atoms with Crippen LogP contribution in [0, 0.1) is 0 Å². The van der Waals surface area contributed by atoms with Gasteiger partial charge in [-0.3, -0.25) is 14.7 Å².